The fourth-order valence-electron chi connectivity index (χ4n) is 5.42. The van der Waals surface area contributed by atoms with Gasteiger partial charge in [-0.2, -0.15) is 0 Å². The average Bonchev–Trinajstić information content (AvgIpc) is 3.22. The van der Waals surface area contributed by atoms with Crippen LogP contribution >= 0.6 is 11.8 Å². The highest BCUT2D eigenvalue weighted by atomic mass is 32.2. The molecule has 0 amide bonds. The van der Waals surface area contributed by atoms with E-state index in [1.54, 1.807) is 7.11 Å². The number of para-hydroxylation sites is 1. The first-order valence-corrected chi connectivity index (χ1v) is 13.0. The summed E-state index contributed by atoms with van der Waals surface area (Å²) in [4.78, 5) is 3.84. The fraction of sp³-hybridized carbons (Fsp3) is 0.267. The van der Waals surface area contributed by atoms with Gasteiger partial charge in [0.05, 0.1) is 16.9 Å². The molecule has 1 unspecified atom stereocenters. The number of anilines is 1. The molecule has 1 fully saturated rings. The number of hydrogen-bond acceptors (Lipinski definition) is 4. The van der Waals surface area contributed by atoms with Gasteiger partial charge in [-0.1, -0.05) is 91.7 Å². The lowest BCUT2D eigenvalue weighted by Gasteiger charge is -2.42. The van der Waals surface area contributed by atoms with E-state index in [9.17, 15) is 0 Å². The molecule has 172 valence electrons. The monoisotopic (exact) mass is 467 g/mol. The van der Waals surface area contributed by atoms with Gasteiger partial charge in [-0.25, -0.2) is 0 Å². The number of hydrogen-bond donors (Lipinski definition) is 0. The van der Waals surface area contributed by atoms with Gasteiger partial charge in [0, 0.05) is 17.2 Å². The molecule has 3 aromatic rings. The Kier molecular flexibility index (Phi) is 5.62. The third-order valence-electron chi connectivity index (χ3n) is 7.11. The van der Waals surface area contributed by atoms with Gasteiger partial charge in [0.15, 0.2) is 0 Å². The topological polar surface area (TPSA) is 21.7 Å². The van der Waals surface area contributed by atoms with Crippen molar-refractivity contribution in [1.29, 1.82) is 0 Å². The molecule has 0 radical (unpaired) electrons. The Morgan fingerprint density at radius 1 is 0.853 bits per heavy atom. The first-order chi connectivity index (χ1) is 16.8. The van der Waals surface area contributed by atoms with Gasteiger partial charge < -0.3 is 9.47 Å². The van der Waals surface area contributed by atoms with E-state index in [0.29, 0.717) is 0 Å². The number of benzene rings is 3. The molecule has 2 aliphatic heterocycles. The van der Waals surface area contributed by atoms with Gasteiger partial charge in [0.25, 0.3) is 0 Å². The van der Waals surface area contributed by atoms with Crippen LogP contribution in [0.15, 0.2) is 102 Å². The minimum Gasteiger partial charge on any atom is -0.497 e. The van der Waals surface area contributed by atoms with Gasteiger partial charge in [0.1, 0.15) is 11.5 Å². The van der Waals surface area contributed by atoms with E-state index in [4.69, 9.17) is 9.47 Å². The van der Waals surface area contributed by atoms with E-state index in [2.05, 4.69) is 95.9 Å². The van der Waals surface area contributed by atoms with Gasteiger partial charge in [-0.05, 0) is 48.7 Å². The van der Waals surface area contributed by atoms with Crippen LogP contribution in [-0.2, 0) is 4.74 Å². The average molecular weight is 468 g/mol. The minimum absolute atomic E-state index is 0.00890. The maximum absolute atomic E-state index is 6.81. The Balaban J connectivity index is 1.50. The number of allylic oxidation sites excluding steroid dienone is 2. The molecule has 0 N–H and O–H groups in total. The SMILES string of the molecule is COc1ccc(C2C=C(c3ccccc3)OC3=C2SC2(CCCCC2)N3c2ccccc2)cc1. The van der Waals surface area contributed by atoms with E-state index in [1.165, 1.54) is 48.3 Å². The van der Waals surface area contributed by atoms with Crippen LogP contribution in [0.5, 0.6) is 5.75 Å². The van der Waals surface area contributed by atoms with Crippen molar-refractivity contribution in [3.05, 3.63) is 113 Å². The molecule has 4 heteroatoms. The summed E-state index contributed by atoms with van der Waals surface area (Å²) < 4.78 is 12.2. The zero-order chi connectivity index (χ0) is 23.0. The molecule has 3 aromatic carbocycles. The van der Waals surface area contributed by atoms with Gasteiger partial charge >= 0.3 is 0 Å². The highest BCUT2D eigenvalue weighted by Crippen LogP contribution is 2.61. The van der Waals surface area contributed by atoms with Crippen molar-refractivity contribution in [3.63, 3.8) is 0 Å². The molecule has 3 aliphatic rings. The minimum atomic E-state index is 0.00890. The lowest BCUT2D eigenvalue weighted by atomic mass is 9.92. The lowest BCUT2D eigenvalue weighted by Crippen LogP contribution is -2.44. The highest BCUT2D eigenvalue weighted by molar-refractivity contribution is 8.04. The summed E-state index contributed by atoms with van der Waals surface area (Å²) in [6.45, 7) is 0. The second-order valence-corrected chi connectivity index (χ2v) is 10.6. The van der Waals surface area contributed by atoms with Crippen molar-refractivity contribution in [2.75, 3.05) is 12.0 Å². The highest BCUT2D eigenvalue weighted by Gasteiger charge is 2.51. The van der Waals surface area contributed by atoms with Gasteiger partial charge in [-0.3, -0.25) is 4.90 Å². The van der Waals surface area contributed by atoms with Crippen LogP contribution in [-0.4, -0.2) is 12.0 Å². The summed E-state index contributed by atoms with van der Waals surface area (Å²) in [5.74, 6) is 2.95. The Labute approximate surface area is 206 Å². The van der Waals surface area contributed by atoms with Crippen LogP contribution in [0.1, 0.15) is 49.1 Å². The van der Waals surface area contributed by atoms with Crippen molar-refractivity contribution in [1.82, 2.24) is 0 Å². The molecule has 0 saturated heterocycles. The summed E-state index contributed by atoms with van der Waals surface area (Å²) >= 11 is 2.04. The zero-order valence-corrected chi connectivity index (χ0v) is 20.3. The third kappa shape index (κ3) is 3.70. The normalized spacial score (nSPS) is 21.1. The maximum atomic E-state index is 6.81. The molecular formula is C30H29NO2S. The smallest absolute Gasteiger partial charge is 0.212 e. The molecule has 0 aromatic heterocycles. The number of ether oxygens (including phenoxy) is 2. The zero-order valence-electron chi connectivity index (χ0n) is 19.4. The predicted octanol–water partition coefficient (Wildman–Crippen LogP) is 7.93. The molecule has 1 saturated carbocycles. The maximum Gasteiger partial charge on any atom is 0.212 e. The summed E-state index contributed by atoms with van der Waals surface area (Å²) in [5, 5.41) is 0. The predicted molar refractivity (Wildman–Crippen MR) is 141 cm³/mol. The van der Waals surface area contributed by atoms with Crippen molar-refractivity contribution in [3.8, 4) is 5.75 Å². The van der Waals surface area contributed by atoms with Crippen LogP contribution in [0.25, 0.3) is 5.76 Å². The molecule has 2 heterocycles. The van der Waals surface area contributed by atoms with Crippen LogP contribution in [0.4, 0.5) is 5.69 Å². The number of methoxy groups -OCH3 is 1. The molecular weight excluding hydrogens is 438 g/mol. The van der Waals surface area contributed by atoms with Crippen LogP contribution in [0, 0.1) is 0 Å². The van der Waals surface area contributed by atoms with E-state index in [1.807, 2.05) is 11.8 Å². The fourth-order valence-corrected chi connectivity index (χ4v) is 7.16. The second-order valence-electron chi connectivity index (χ2n) is 9.20. The molecule has 1 spiro atoms. The summed E-state index contributed by atoms with van der Waals surface area (Å²) in [5.41, 5.74) is 3.58. The lowest BCUT2D eigenvalue weighted by molar-refractivity contribution is 0.313. The standard InChI is InChI=1S/C30H29NO2S/c1-32-25-17-15-22(16-18-25)26-21-27(23-11-5-2-6-12-23)33-29-28(26)34-30(19-9-4-10-20-30)31(29)24-13-7-3-8-14-24/h2-3,5-8,11-18,21,26H,4,9-10,19-20H2,1H3. The first-order valence-electron chi connectivity index (χ1n) is 12.1. The first kappa shape index (κ1) is 21.4. The van der Waals surface area contributed by atoms with Gasteiger partial charge in [0.2, 0.25) is 5.88 Å². The summed E-state index contributed by atoms with van der Waals surface area (Å²) in [6, 6.07) is 29.8. The van der Waals surface area contributed by atoms with E-state index in [-0.39, 0.29) is 10.8 Å². The van der Waals surface area contributed by atoms with Crippen LogP contribution in [0.3, 0.4) is 0 Å². The van der Waals surface area contributed by atoms with Crippen molar-refractivity contribution in [2.24, 2.45) is 0 Å². The van der Waals surface area contributed by atoms with Gasteiger partial charge in [-0.15, -0.1) is 0 Å². The molecule has 6 rings (SSSR count). The van der Waals surface area contributed by atoms with E-state index >= 15 is 0 Å². The molecule has 1 aliphatic carbocycles. The third-order valence-corrected chi connectivity index (χ3v) is 8.73. The Morgan fingerprint density at radius 3 is 2.21 bits per heavy atom. The number of nitrogens with zero attached hydrogens (tertiary/aromatic N) is 1. The van der Waals surface area contributed by atoms with Crippen LogP contribution < -0.4 is 9.64 Å². The van der Waals surface area contributed by atoms with Crippen molar-refractivity contribution in [2.45, 2.75) is 42.9 Å². The van der Waals surface area contributed by atoms with Crippen LogP contribution in [0.2, 0.25) is 0 Å². The molecule has 34 heavy (non-hydrogen) atoms. The number of rotatable bonds is 4. The Bertz CT molecular complexity index is 1210. The van der Waals surface area contributed by atoms with E-state index < -0.39 is 0 Å². The van der Waals surface area contributed by atoms with Crippen molar-refractivity contribution < 1.29 is 9.47 Å². The quantitative estimate of drug-likeness (QED) is 0.388. The summed E-state index contributed by atoms with van der Waals surface area (Å²) in [6.07, 6.45) is 8.45. The molecule has 0 bridgehead atoms. The largest absolute Gasteiger partial charge is 0.497 e. The Morgan fingerprint density at radius 2 is 1.53 bits per heavy atom. The Hall–Kier alpha value is -3.11. The second kappa shape index (κ2) is 8.92. The number of thioether (sulfide) groups is 1. The summed E-state index contributed by atoms with van der Waals surface area (Å²) in [7, 11) is 1.72. The van der Waals surface area contributed by atoms with Crippen molar-refractivity contribution >= 4 is 23.2 Å². The molecule has 3 nitrogen and oxygen atoms in total. The van der Waals surface area contributed by atoms with E-state index in [0.717, 1.165) is 23.0 Å². The molecule has 1 atom stereocenters.